The van der Waals surface area contributed by atoms with Crippen molar-refractivity contribution < 1.29 is 18.7 Å². The second-order valence-corrected chi connectivity index (χ2v) is 8.18. The van der Waals surface area contributed by atoms with Crippen LogP contribution in [-0.4, -0.2) is 33.8 Å². The van der Waals surface area contributed by atoms with E-state index in [1.807, 2.05) is 43.3 Å². The number of nitrogens with zero attached hydrogens (tertiary/aromatic N) is 3. The van der Waals surface area contributed by atoms with Gasteiger partial charge in [-0.05, 0) is 54.4 Å². The van der Waals surface area contributed by atoms with Gasteiger partial charge in [0.15, 0.2) is 0 Å². The predicted octanol–water partition coefficient (Wildman–Crippen LogP) is 4.96. The number of hydrogen-bond acceptors (Lipinski definition) is 5. The number of carbonyl (C=O) groups is 2. The summed E-state index contributed by atoms with van der Waals surface area (Å²) in [6.07, 6.45) is 4.27. The van der Waals surface area contributed by atoms with Gasteiger partial charge in [-0.25, -0.2) is 9.37 Å². The molecule has 4 aromatic rings. The third-order valence-electron chi connectivity index (χ3n) is 5.60. The van der Waals surface area contributed by atoms with Crippen LogP contribution in [0.15, 0.2) is 91.4 Å². The lowest BCUT2D eigenvalue weighted by Gasteiger charge is -2.31. The lowest BCUT2D eigenvalue weighted by molar-refractivity contribution is -0.121. The van der Waals surface area contributed by atoms with Crippen LogP contribution in [0.4, 0.5) is 10.1 Å². The highest BCUT2D eigenvalue weighted by Gasteiger charge is 2.33. The van der Waals surface area contributed by atoms with Gasteiger partial charge in [0.25, 0.3) is 11.8 Å². The van der Waals surface area contributed by atoms with E-state index in [9.17, 15) is 14.0 Å². The van der Waals surface area contributed by atoms with Crippen LogP contribution in [0.2, 0.25) is 0 Å². The quantitative estimate of drug-likeness (QED) is 0.382. The molecule has 1 aromatic heterocycles. The monoisotopic (exact) mass is 484 g/mol. The van der Waals surface area contributed by atoms with E-state index in [-0.39, 0.29) is 12.2 Å². The van der Waals surface area contributed by atoms with Gasteiger partial charge in [0.1, 0.15) is 23.3 Å². The standard InChI is InChI=1S/C28H25FN4O3/c1-19-6-8-21(9-7-19)26(27(34)32-23-12-10-22(29)11-13-23)33(28(35)25-17-30-14-15-31-25)18-20-4-3-5-24(16-20)36-2/h3-17,26H,18H2,1-2H3,(H,32,34)/t26-/m1/s1. The molecule has 0 unspecified atom stereocenters. The van der Waals surface area contributed by atoms with Crippen molar-refractivity contribution in [1.29, 1.82) is 0 Å². The number of ether oxygens (including phenoxy) is 1. The van der Waals surface area contributed by atoms with Gasteiger partial charge in [-0.1, -0.05) is 42.0 Å². The molecule has 0 aliphatic heterocycles. The highest BCUT2D eigenvalue weighted by molar-refractivity contribution is 6.00. The lowest BCUT2D eigenvalue weighted by atomic mass is 10.0. The third kappa shape index (κ3) is 5.90. The van der Waals surface area contributed by atoms with E-state index in [4.69, 9.17) is 4.74 Å². The van der Waals surface area contributed by atoms with E-state index in [0.717, 1.165) is 11.1 Å². The zero-order valence-electron chi connectivity index (χ0n) is 19.9. The maximum atomic E-state index is 13.7. The van der Waals surface area contributed by atoms with Crippen molar-refractivity contribution in [2.24, 2.45) is 0 Å². The first-order valence-electron chi connectivity index (χ1n) is 11.3. The van der Waals surface area contributed by atoms with Crippen molar-refractivity contribution >= 4 is 17.5 Å². The van der Waals surface area contributed by atoms with Crippen LogP contribution in [0, 0.1) is 12.7 Å². The first-order chi connectivity index (χ1) is 17.4. The number of hydrogen-bond donors (Lipinski definition) is 1. The molecule has 2 amide bonds. The van der Waals surface area contributed by atoms with Gasteiger partial charge >= 0.3 is 0 Å². The number of anilines is 1. The number of aromatic nitrogens is 2. The van der Waals surface area contributed by atoms with Gasteiger partial charge in [0, 0.05) is 24.6 Å². The summed E-state index contributed by atoms with van der Waals surface area (Å²) < 4.78 is 18.8. The normalized spacial score (nSPS) is 11.4. The Morgan fingerprint density at radius 3 is 2.44 bits per heavy atom. The minimum atomic E-state index is -1.02. The van der Waals surface area contributed by atoms with E-state index >= 15 is 0 Å². The van der Waals surface area contributed by atoms with Gasteiger partial charge in [0.2, 0.25) is 0 Å². The first kappa shape index (κ1) is 24.5. The molecule has 8 heteroatoms. The highest BCUT2D eigenvalue weighted by atomic mass is 19.1. The molecular weight excluding hydrogens is 459 g/mol. The molecule has 7 nitrogen and oxygen atoms in total. The predicted molar refractivity (Wildman–Crippen MR) is 134 cm³/mol. The Morgan fingerprint density at radius 2 is 1.78 bits per heavy atom. The molecule has 182 valence electrons. The average Bonchev–Trinajstić information content (AvgIpc) is 2.91. The number of amides is 2. The van der Waals surface area contributed by atoms with Crippen molar-refractivity contribution in [2.75, 3.05) is 12.4 Å². The van der Waals surface area contributed by atoms with E-state index in [0.29, 0.717) is 17.0 Å². The zero-order chi connectivity index (χ0) is 25.5. The molecule has 0 saturated heterocycles. The Hall–Kier alpha value is -4.59. The second kappa shape index (κ2) is 11.2. The summed E-state index contributed by atoms with van der Waals surface area (Å²) in [5.74, 6) is -0.709. The van der Waals surface area contributed by atoms with Crippen molar-refractivity contribution in [1.82, 2.24) is 14.9 Å². The number of rotatable bonds is 8. The summed E-state index contributed by atoms with van der Waals surface area (Å²) in [6.45, 7) is 2.04. The third-order valence-corrected chi connectivity index (χ3v) is 5.60. The first-order valence-corrected chi connectivity index (χ1v) is 11.3. The van der Waals surface area contributed by atoms with Crippen LogP contribution in [-0.2, 0) is 11.3 Å². The van der Waals surface area contributed by atoms with E-state index in [2.05, 4.69) is 15.3 Å². The average molecular weight is 485 g/mol. The number of halogens is 1. The molecule has 0 aliphatic rings. The number of benzene rings is 3. The Kier molecular flexibility index (Phi) is 7.65. The molecule has 1 heterocycles. The van der Waals surface area contributed by atoms with Crippen molar-refractivity contribution in [3.05, 3.63) is 120 Å². The Morgan fingerprint density at radius 1 is 1.03 bits per heavy atom. The molecule has 1 atom stereocenters. The molecule has 0 radical (unpaired) electrons. The SMILES string of the molecule is COc1cccc(CN(C(=O)c2cnccn2)[C@@H](C(=O)Nc2ccc(F)cc2)c2ccc(C)cc2)c1. The molecule has 4 rings (SSSR count). The Bertz CT molecular complexity index is 1330. The zero-order valence-corrected chi connectivity index (χ0v) is 19.9. The lowest BCUT2D eigenvalue weighted by Crippen LogP contribution is -2.41. The minimum absolute atomic E-state index is 0.0992. The molecule has 1 N–H and O–H groups in total. The topological polar surface area (TPSA) is 84.4 Å². The summed E-state index contributed by atoms with van der Waals surface area (Å²) in [5.41, 5.74) is 2.90. The van der Waals surface area contributed by atoms with Gasteiger partial charge in [-0.2, -0.15) is 0 Å². The van der Waals surface area contributed by atoms with Gasteiger partial charge in [-0.15, -0.1) is 0 Å². The molecule has 0 bridgehead atoms. The van der Waals surface area contributed by atoms with E-state index < -0.39 is 23.7 Å². The molecule has 0 spiro atoms. The molecule has 0 fully saturated rings. The van der Waals surface area contributed by atoms with Crippen molar-refractivity contribution in [2.45, 2.75) is 19.5 Å². The van der Waals surface area contributed by atoms with Crippen LogP contribution in [0.5, 0.6) is 5.75 Å². The second-order valence-electron chi connectivity index (χ2n) is 8.18. The fraction of sp³-hybridized carbons (Fsp3) is 0.143. The fourth-order valence-electron chi connectivity index (χ4n) is 3.77. The van der Waals surface area contributed by atoms with Crippen LogP contribution >= 0.6 is 0 Å². The van der Waals surface area contributed by atoms with Crippen molar-refractivity contribution in [3.8, 4) is 5.75 Å². The molecular formula is C28H25FN4O3. The van der Waals surface area contributed by atoms with Crippen molar-refractivity contribution in [3.63, 3.8) is 0 Å². The Balaban J connectivity index is 1.78. The summed E-state index contributed by atoms with van der Waals surface area (Å²) in [7, 11) is 1.56. The molecule has 36 heavy (non-hydrogen) atoms. The Labute approximate surface area is 208 Å². The maximum absolute atomic E-state index is 13.7. The summed E-state index contributed by atoms with van der Waals surface area (Å²) in [4.78, 5) is 37.1. The number of aryl methyl sites for hydroxylation is 1. The van der Waals surface area contributed by atoms with Crippen LogP contribution in [0.3, 0.4) is 0 Å². The van der Waals surface area contributed by atoms with E-state index in [1.54, 1.807) is 19.2 Å². The number of nitrogens with one attached hydrogen (secondary N) is 1. The summed E-state index contributed by atoms with van der Waals surface area (Å²) in [6, 6.07) is 19.1. The number of methoxy groups -OCH3 is 1. The van der Waals surface area contributed by atoms with Gasteiger partial charge in [-0.3, -0.25) is 14.6 Å². The molecule has 0 aliphatic carbocycles. The van der Waals surface area contributed by atoms with Crippen LogP contribution in [0.25, 0.3) is 0 Å². The summed E-state index contributed by atoms with van der Waals surface area (Å²) >= 11 is 0. The molecule has 3 aromatic carbocycles. The number of carbonyl (C=O) groups excluding carboxylic acids is 2. The smallest absolute Gasteiger partial charge is 0.275 e. The van der Waals surface area contributed by atoms with Crippen LogP contribution in [0.1, 0.15) is 33.2 Å². The van der Waals surface area contributed by atoms with Gasteiger partial charge in [0.05, 0.1) is 13.3 Å². The molecule has 0 saturated carbocycles. The fourth-order valence-corrected chi connectivity index (χ4v) is 3.77. The maximum Gasteiger partial charge on any atom is 0.275 e. The van der Waals surface area contributed by atoms with Crippen LogP contribution < -0.4 is 10.1 Å². The summed E-state index contributed by atoms with van der Waals surface area (Å²) in [5, 5.41) is 2.82. The minimum Gasteiger partial charge on any atom is -0.497 e. The van der Waals surface area contributed by atoms with E-state index in [1.165, 1.54) is 47.8 Å². The largest absolute Gasteiger partial charge is 0.497 e. The highest BCUT2D eigenvalue weighted by Crippen LogP contribution is 2.28. The van der Waals surface area contributed by atoms with Gasteiger partial charge < -0.3 is 15.0 Å².